The number of rotatable bonds is 2. The molecular weight excluding hydrogens is 163 g/mol. The first-order chi connectivity index (χ1) is 5.24. The second kappa shape index (κ2) is 3.46. The summed E-state index contributed by atoms with van der Waals surface area (Å²) in [6.45, 7) is 0. The number of hydrogen-bond acceptors (Lipinski definition) is 3. The molecule has 1 aromatic heterocycles. The molecule has 0 aromatic carbocycles. The number of hydrogen-bond donors (Lipinski definition) is 1. The van der Waals surface area contributed by atoms with Crippen molar-refractivity contribution in [3.05, 3.63) is 22.1 Å². The first kappa shape index (κ1) is 8.18. The van der Waals surface area contributed by atoms with Crippen LogP contribution < -0.4 is 5.73 Å². The molecule has 0 radical (unpaired) electrons. The van der Waals surface area contributed by atoms with Gasteiger partial charge in [-0.3, -0.25) is 0 Å². The van der Waals surface area contributed by atoms with E-state index in [2.05, 4.69) is 0 Å². The van der Waals surface area contributed by atoms with Gasteiger partial charge in [0.15, 0.2) is 5.13 Å². The van der Waals surface area contributed by atoms with Crippen molar-refractivity contribution in [1.29, 1.82) is 5.26 Å². The third-order valence-corrected chi connectivity index (χ3v) is 2.06. The number of nitrogens with zero attached hydrogens (tertiary/aromatic N) is 1. The monoisotopic (exact) mass is 170 g/mol. The Morgan fingerprint density at radius 2 is 2.55 bits per heavy atom. The Kier molecular flexibility index (Phi) is 2.58. The zero-order valence-electron chi connectivity index (χ0n) is 5.75. The van der Waals surface area contributed by atoms with E-state index in [-0.39, 0.29) is 17.6 Å². The molecule has 0 aliphatic heterocycles. The predicted molar refractivity (Wildman–Crippen MR) is 41.4 cm³/mol. The average molecular weight is 170 g/mol. The van der Waals surface area contributed by atoms with E-state index in [4.69, 9.17) is 11.0 Å². The molecule has 2 nitrogen and oxygen atoms in total. The van der Waals surface area contributed by atoms with Gasteiger partial charge in [-0.1, -0.05) is 0 Å². The van der Waals surface area contributed by atoms with E-state index >= 15 is 0 Å². The molecule has 11 heavy (non-hydrogen) atoms. The van der Waals surface area contributed by atoms with Crippen LogP contribution >= 0.6 is 11.3 Å². The smallest absolute Gasteiger partial charge is 0.176 e. The average Bonchev–Trinajstić information content (AvgIpc) is 2.36. The van der Waals surface area contributed by atoms with Crippen LogP contribution in [-0.4, -0.2) is 0 Å². The van der Waals surface area contributed by atoms with Crippen LogP contribution in [0, 0.1) is 16.5 Å². The Labute approximate surface area is 68.1 Å². The molecular formula is C7H7FN2S. The number of nitriles is 1. The lowest BCUT2D eigenvalue weighted by Gasteiger charge is -2.01. The summed E-state index contributed by atoms with van der Waals surface area (Å²) in [5.41, 5.74) is 6.24. The summed E-state index contributed by atoms with van der Waals surface area (Å²) in [6, 6.07) is 2.95. The van der Waals surface area contributed by atoms with Gasteiger partial charge in [-0.25, -0.2) is 0 Å². The molecule has 0 spiro atoms. The van der Waals surface area contributed by atoms with Gasteiger partial charge in [0.1, 0.15) is 0 Å². The van der Waals surface area contributed by atoms with Crippen molar-refractivity contribution >= 4 is 11.3 Å². The Hall–Kier alpha value is -0.920. The summed E-state index contributed by atoms with van der Waals surface area (Å²) < 4.78 is 12.4. The highest BCUT2D eigenvalue weighted by atomic mass is 32.1. The molecule has 1 aromatic rings. The highest BCUT2D eigenvalue weighted by Crippen LogP contribution is 2.19. The van der Waals surface area contributed by atoms with Crippen LogP contribution in [0.3, 0.4) is 0 Å². The standard InChI is InChI=1S/C7H7FN2S/c8-7-3-5(4-11-7)6(10)1-2-9/h3-4,6H,1,10H2. The molecule has 4 heteroatoms. The van der Waals surface area contributed by atoms with Crippen molar-refractivity contribution in [3.63, 3.8) is 0 Å². The van der Waals surface area contributed by atoms with E-state index in [1.54, 1.807) is 5.38 Å². The van der Waals surface area contributed by atoms with Gasteiger partial charge in [0, 0.05) is 6.04 Å². The van der Waals surface area contributed by atoms with Crippen LogP contribution in [0.2, 0.25) is 0 Å². The fourth-order valence-corrected chi connectivity index (χ4v) is 1.43. The number of thiophene rings is 1. The van der Waals surface area contributed by atoms with E-state index in [1.165, 1.54) is 6.07 Å². The lowest BCUT2D eigenvalue weighted by atomic mass is 10.1. The van der Waals surface area contributed by atoms with Crippen molar-refractivity contribution in [1.82, 2.24) is 0 Å². The Balaban J connectivity index is 2.70. The van der Waals surface area contributed by atoms with Gasteiger partial charge in [-0.05, 0) is 17.0 Å². The minimum absolute atomic E-state index is 0.232. The van der Waals surface area contributed by atoms with Gasteiger partial charge >= 0.3 is 0 Å². The molecule has 58 valence electrons. The summed E-state index contributed by atoms with van der Waals surface area (Å²) in [4.78, 5) is 0. The maximum absolute atomic E-state index is 12.4. The van der Waals surface area contributed by atoms with E-state index < -0.39 is 0 Å². The molecule has 0 saturated heterocycles. The van der Waals surface area contributed by atoms with Crippen molar-refractivity contribution in [2.24, 2.45) is 5.73 Å². The Bertz CT molecular complexity index is 276. The van der Waals surface area contributed by atoms with Crippen molar-refractivity contribution in [3.8, 4) is 6.07 Å². The zero-order chi connectivity index (χ0) is 8.27. The van der Waals surface area contributed by atoms with Gasteiger partial charge in [-0.2, -0.15) is 9.65 Å². The van der Waals surface area contributed by atoms with Gasteiger partial charge in [0.05, 0.1) is 12.5 Å². The largest absolute Gasteiger partial charge is 0.323 e. The third kappa shape index (κ3) is 2.00. The lowest BCUT2D eigenvalue weighted by molar-refractivity contribution is 0.651. The van der Waals surface area contributed by atoms with Crippen LogP contribution in [-0.2, 0) is 0 Å². The summed E-state index contributed by atoms with van der Waals surface area (Å²) in [7, 11) is 0. The molecule has 1 rings (SSSR count). The highest BCUT2D eigenvalue weighted by molar-refractivity contribution is 7.08. The van der Waals surface area contributed by atoms with Crippen molar-refractivity contribution in [2.75, 3.05) is 0 Å². The van der Waals surface area contributed by atoms with Gasteiger partial charge in [-0.15, -0.1) is 11.3 Å². The second-order valence-electron chi connectivity index (χ2n) is 2.15. The third-order valence-electron chi connectivity index (χ3n) is 1.33. The van der Waals surface area contributed by atoms with Crippen LogP contribution in [0.1, 0.15) is 18.0 Å². The molecule has 2 N–H and O–H groups in total. The topological polar surface area (TPSA) is 49.8 Å². The summed E-state index contributed by atoms with van der Waals surface area (Å²) in [5, 5.41) is 9.66. The fraction of sp³-hybridized carbons (Fsp3) is 0.286. The molecule has 0 fully saturated rings. The quantitative estimate of drug-likeness (QED) is 0.735. The molecule has 0 aliphatic carbocycles. The minimum Gasteiger partial charge on any atom is -0.323 e. The van der Waals surface area contributed by atoms with E-state index in [9.17, 15) is 4.39 Å². The summed E-state index contributed by atoms with van der Waals surface area (Å²) >= 11 is 1.00. The predicted octanol–water partition coefficient (Wildman–Crippen LogP) is 1.80. The van der Waals surface area contributed by atoms with Crippen LogP contribution in [0.4, 0.5) is 4.39 Å². The first-order valence-corrected chi connectivity index (χ1v) is 3.98. The van der Waals surface area contributed by atoms with E-state index in [1.807, 2.05) is 6.07 Å². The Morgan fingerprint density at radius 1 is 1.82 bits per heavy atom. The lowest BCUT2D eigenvalue weighted by Crippen LogP contribution is -2.07. The SMILES string of the molecule is N#CCC(N)c1csc(F)c1. The van der Waals surface area contributed by atoms with Crippen LogP contribution in [0.15, 0.2) is 11.4 Å². The van der Waals surface area contributed by atoms with Crippen LogP contribution in [0.5, 0.6) is 0 Å². The molecule has 0 aliphatic rings. The highest BCUT2D eigenvalue weighted by Gasteiger charge is 2.07. The molecule has 0 bridgehead atoms. The molecule has 0 amide bonds. The molecule has 1 heterocycles. The maximum Gasteiger partial charge on any atom is 0.176 e. The molecule has 0 saturated carbocycles. The van der Waals surface area contributed by atoms with Crippen molar-refractivity contribution in [2.45, 2.75) is 12.5 Å². The normalized spacial score (nSPS) is 12.5. The number of nitrogens with two attached hydrogens (primary N) is 1. The van der Waals surface area contributed by atoms with Crippen LogP contribution in [0.25, 0.3) is 0 Å². The molecule has 1 atom stereocenters. The Morgan fingerprint density at radius 3 is 3.00 bits per heavy atom. The minimum atomic E-state index is -0.347. The fourth-order valence-electron chi connectivity index (χ4n) is 0.734. The van der Waals surface area contributed by atoms with Gasteiger partial charge in [0.2, 0.25) is 0 Å². The zero-order valence-corrected chi connectivity index (χ0v) is 6.57. The van der Waals surface area contributed by atoms with Gasteiger partial charge < -0.3 is 5.73 Å². The maximum atomic E-state index is 12.4. The first-order valence-electron chi connectivity index (χ1n) is 3.10. The van der Waals surface area contributed by atoms with E-state index in [0.29, 0.717) is 5.56 Å². The second-order valence-corrected chi connectivity index (χ2v) is 3.01. The summed E-state index contributed by atoms with van der Waals surface area (Å²) in [6.07, 6.45) is 0.232. The summed E-state index contributed by atoms with van der Waals surface area (Å²) in [5.74, 6) is 0. The van der Waals surface area contributed by atoms with E-state index in [0.717, 1.165) is 11.3 Å². The molecule has 1 unspecified atom stereocenters. The van der Waals surface area contributed by atoms with Crippen molar-refractivity contribution < 1.29 is 4.39 Å². The van der Waals surface area contributed by atoms with Gasteiger partial charge in [0.25, 0.3) is 0 Å². The number of halogens is 1.